The van der Waals surface area contributed by atoms with E-state index in [4.69, 9.17) is 9.47 Å². The molecule has 1 amide bonds. The van der Waals surface area contributed by atoms with E-state index in [1.165, 1.54) is 17.7 Å². The molecule has 0 radical (unpaired) electrons. The van der Waals surface area contributed by atoms with Gasteiger partial charge in [0.1, 0.15) is 41.0 Å². The molecule has 11 nitrogen and oxygen atoms in total. The Morgan fingerprint density at radius 3 is 2.64 bits per heavy atom. The van der Waals surface area contributed by atoms with Crippen molar-refractivity contribution in [3.05, 3.63) is 66.2 Å². The van der Waals surface area contributed by atoms with Gasteiger partial charge in [-0.1, -0.05) is 25.1 Å². The van der Waals surface area contributed by atoms with Crippen molar-refractivity contribution in [2.45, 2.75) is 77.5 Å². The van der Waals surface area contributed by atoms with E-state index in [2.05, 4.69) is 60.8 Å². The monoisotopic (exact) mass is 616 g/mol. The number of carbonyl (C=O) groups is 2. The van der Waals surface area contributed by atoms with E-state index in [1.807, 2.05) is 18.2 Å². The maximum atomic E-state index is 13.1. The molecule has 3 N–H and O–H groups in total. The van der Waals surface area contributed by atoms with Crippen LogP contribution < -0.4 is 30.2 Å². The number of pyridine rings is 1. The molecule has 1 saturated heterocycles. The Morgan fingerprint density at radius 2 is 1.91 bits per heavy atom. The Balaban J connectivity index is 1.23. The minimum atomic E-state index is -0.946. The number of esters is 1. The van der Waals surface area contributed by atoms with Crippen molar-refractivity contribution in [1.82, 2.24) is 15.3 Å². The Labute approximate surface area is 265 Å². The molecule has 1 atom stereocenters. The van der Waals surface area contributed by atoms with Crippen LogP contribution in [0.5, 0.6) is 5.75 Å². The molecular weight excluding hydrogens is 570 g/mol. The summed E-state index contributed by atoms with van der Waals surface area (Å²) in [7, 11) is 0. The largest absolute Gasteiger partial charge is 0.484 e. The summed E-state index contributed by atoms with van der Waals surface area (Å²) in [5.74, 6) is 1.16. The predicted molar refractivity (Wildman–Crippen MR) is 174 cm³/mol. The topological polar surface area (TPSA) is 122 Å². The van der Waals surface area contributed by atoms with Crippen molar-refractivity contribution < 1.29 is 23.6 Å². The SMILES string of the molecule is CCc1c(NC[C@H](NC(=O)COc2ccccc2)C(=O)OC(C)(C)C)ncnc1N1CCC([n+]2ccc3c(c2)NCCC3)CC1. The summed E-state index contributed by atoms with van der Waals surface area (Å²) in [5.41, 5.74) is 2.92. The fourth-order valence-corrected chi connectivity index (χ4v) is 5.84. The molecule has 3 aromatic rings. The van der Waals surface area contributed by atoms with Crippen molar-refractivity contribution in [3.63, 3.8) is 0 Å². The number of piperidine rings is 1. The van der Waals surface area contributed by atoms with E-state index in [9.17, 15) is 9.59 Å². The molecule has 2 aliphatic heterocycles. The van der Waals surface area contributed by atoms with Crippen molar-refractivity contribution in [3.8, 4) is 5.75 Å². The maximum Gasteiger partial charge on any atom is 0.331 e. The van der Waals surface area contributed by atoms with E-state index in [0.717, 1.165) is 50.3 Å². The fourth-order valence-electron chi connectivity index (χ4n) is 5.84. The van der Waals surface area contributed by atoms with Gasteiger partial charge >= 0.3 is 5.97 Å². The third-order valence-corrected chi connectivity index (χ3v) is 8.09. The molecule has 5 rings (SSSR count). The number of aromatic nitrogens is 3. The number of hydrogen-bond donors (Lipinski definition) is 3. The van der Waals surface area contributed by atoms with Crippen LogP contribution in [0.2, 0.25) is 0 Å². The van der Waals surface area contributed by atoms with Crippen molar-refractivity contribution in [2.75, 3.05) is 48.3 Å². The van der Waals surface area contributed by atoms with Gasteiger partial charge in [-0.15, -0.1) is 0 Å². The van der Waals surface area contributed by atoms with Crippen LogP contribution in [0.1, 0.15) is 64.1 Å². The molecule has 4 heterocycles. The quantitative estimate of drug-likeness (QED) is 0.218. The molecule has 2 aromatic heterocycles. The second kappa shape index (κ2) is 14.6. The number of rotatable bonds is 11. The molecule has 0 spiro atoms. The number of aryl methyl sites for hydroxylation is 1. The average Bonchev–Trinajstić information content (AvgIpc) is 3.05. The molecule has 240 valence electrons. The lowest BCUT2D eigenvalue weighted by Gasteiger charge is -2.32. The highest BCUT2D eigenvalue weighted by molar-refractivity contribution is 5.86. The van der Waals surface area contributed by atoms with Crippen molar-refractivity contribution in [2.24, 2.45) is 0 Å². The summed E-state index contributed by atoms with van der Waals surface area (Å²) in [5, 5.41) is 9.63. The maximum absolute atomic E-state index is 13.1. The third-order valence-electron chi connectivity index (χ3n) is 8.09. The number of anilines is 3. The third kappa shape index (κ3) is 8.61. The van der Waals surface area contributed by atoms with Crippen LogP contribution in [0.25, 0.3) is 0 Å². The molecule has 1 fully saturated rings. The summed E-state index contributed by atoms with van der Waals surface area (Å²) in [4.78, 5) is 37.4. The van der Waals surface area contributed by atoms with Crippen LogP contribution in [0.3, 0.4) is 0 Å². The second-order valence-corrected chi connectivity index (χ2v) is 12.6. The van der Waals surface area contributed by atoms with E-state index in [0.29, 0.717) is 24.0 Å². The van der Waals surface area contributed by atoms with Crippen LogP contribution in [-0.2, 0) is 27.2 Å². The van der Waals surface area contributed by atoms with Gasteiger partial charge in [0, 0.05) is 50.7 Å². The number of benzene rings is 1. The first-order valence-electron chi connectivity index (χ1n) is 16.0. The van der Waals surface area contributed by atoms with Gasteiger partial charge in [-0.05, 0) is 57.7 Å². The minimum Gasteiger partial charge on any atom is -0.484 e. The average molecular weight is 617 g/mol. The molecule has 0 saturated carbocycles. The standard InChI is InChI=1S/C34H45N7O4/c1-5-27-31(36-20-28(33(43)45-34(2,3)4)39-30(42)22-44-26-11-7-6-8-12-26)37-23-38-32(27)40-18-14-25(15-19-40)41-17-13-24-10-9-16-35-29(24)21-41/h6-8,11-13,17,21,23,25,28,35H,5,9-10,14-16,18-20,22H2,1-4H3,(H-,36,37,38,39,42)/p+1/t28-/m0/s1. The summed E-state index contributed by atoms with van der Waals surface area (Å²) in [6.07, 6.45) is 11.1. The number of nitrogens with one attached hydrogen (secondary N) is 3. The summed E-state index contributed by atoms with van der Waals surface area (Å²) >= 11 is 0. The van der Waals surface area contributed by atoms with Crippen LogP contribution in [0, 0.1) is 0 Å². The number of amides is 1. The highest BCUT2D eigenvalue weighted by Gasteiger charge is 2.30. The lowest BCUT2D eigenvalue weighted by atomic mass is 10.0. The van der Waals surface area contributed by atoms with E-state index >= 15 is 0 Å². The Hall–Kier alpha value is -4.41. The molecule has 0 unspecified atom stereocenters. The summed E-state index contributed by atoms with van der Waals surface area (Å²) in [6, 6.07) is 10.8. The second-order valence-electron chi connectivity index (χ2n) is 12.6. The first kappa shape index (κ1) is 32.0. The highest BCUT2D eigenvalue weighted by atomic mass is 16.6. The molecule has 45 heavy (non-hydrogen) atoms. The van der Waals surface area contributed by atoms with E-state index in [1.54, 1.807) is 39.2 Å². The van der Waals surface area contributed by atoms with E-state index in [-0.39, 0.29) is 13.2 Å². The van der Waals surface area contributed by atoms with Gasteiger partial charge in [0.15, 0.2) is 25.0 Å². The summed E-state index contributed by atoms with van der Waals surface area (Å²) < 4.78 is 13.6. The number of nitrogens with zero attached hydrogens (tertiary/aromatic N) is 4. The fraction of sp³-hybridized carbons (Fsp3) is 0.500. The van der Waals surface area contributed by atoms with Gasteiger partial charge in [0.25, 0.3) is 5.91 Å². The Bertz CT molecular complexity index is 1450. The number of hydrogen-bond acceptors (Lipinski definition) is 9. The van der Waals surface area contributed by atoms with Gasteiger partial charge in [-0.25, -0.2) is 19.3 Å². The number of carbonyl (C=O) groups excluding carboxylic acids is 2. The van der Waals surface area contributed by atoms with Crippen LogP contribution >= 0.6 is 0 Å². The van der Waals surface area contributed by atoms with Crippen LogP contribution in [-0.4, -0.2) is 66.3 Å². The van der Waals surface area contributed by atoms with Crippen LogP contribution in [0.4, 0.5) is 17.3 Å². The first-order chi connectivity index (χ1) is 21.7. The zero-order chi connectivity index (χ0) is 31.8. The highest BCUT2D eigenvalue weighted by Crippen LogP contribution is 2.29. The van der Waals surface area contributed by atoms with Crippen LogP contribution in [0.15, 0.2) is 55.1 Å². The van der Waals surface area contributed by atoms with Gasteiger partial charge in [-0.2, -0.15) is 0 Å². The van der Waals surface area contributed by atoms with E-state index < -0.39 is 23.5 Å². The summed E-state index contributed by atoms with van der Waals surface area (Å²) in [6.45, 7) is 10.1. The normalized spacial score (nSPS) is 15.8. The lowest BCUT2D eigenvalue weighted by molar-refractivity contribution is -0.724. The molecule has 0 bridgehead atoms. The van der Waals surface area contributed by atoms with Gasteiger partial charge in [0.05, 0.1) is 0 Å². The molecule has 0 aliphatic carbocycles. The minimum absolute atomic E-state index is 0.0977. The zero-order valence-electron chi connectivity index (χ0n) is 26.8. The number of para-hydroxylation sites is 1. The smallest absolute Gasteiger partial charge is 0.331 e. The predicted octanol–water partition coefficient (Wildman–Crippen LogP) is 3.84. The molecule has 2 aliphatic rings. The van der Waals surface area contributed by atoms with Gasteiger partial charge in [0.2, 0.25) is 0 Å². The number of ether oxygens (including phenoxy) is 2. The van der Waals surface area contributed by atoms with Gasteiger partial charge < -0.3 is 30.3 Å². The van der Waals surface area contributed by atoms with Crippen molar-refractivity contribution in [1.29, 1.82) is 0 Å². The lowest BCUT2D eigenvalue weighted by Crippen LogP contribution is -2.49. The molecular formula is C34H46N7O4+. The number of fused-ring (bicyclic) bond motifs is 1. The Morgan fingerprint density at radius 1 is 1.13 bits per heavy atom. The molecule has 11 heteroatoms. The zero-order valence-corrected chi connectivity index (χ0v) is 26.8. The van der Waals surface area contributed by atoms with Gasteiger partial charge in [-0.3, -0.25) is 4.79 Å². The molecule has 1 aromatic carbocycles. The van der Waals surface area contributed by atoms with Crippen molar-refractivity contribution >= 4 is 29.2 Å². The Kier molecular flexibility index (Phi) is 10.4. The first-order valence-corrected chi connectivity index (χ1v) is 16.0.